The minimum Gasteiger partial charge on any atom is -0.508 e. The van der Waals surface area contributed by atoms with Crippen molar-refractivity contribution in [2.75, 3.05) is 18.8 Å². The number of amides is 1. The first-order valence-corrected chi connectivity index (χ1v) is 10.3. The second kappa shape index (κ2) is 7.32. The van der Waals surface area contributed by atoms with Crippen molar-refractivity contribution >= 4 is 22.8 Å². The van der Waals surface area contributed by atoms with Crippen LogP contribution in [0.25, 0.3) is 16.7 Å². The SMILES string of the molecule is Cc1cc2c(C(=O)N3CCC[C@H](O)C3)c(N)n(-c3c(C)ccc(O)c3C)c2nc1C. The molecule has 7 nitrogen and oxygen atoms in total. The Balaban J connectivity index is 2.02. The number of aliphatic hydroxyl groups excluding tert-OH is 1. The zero-order valence-corrected chi connectivity index (χ0v) is 17.9. The third kappa shape index (κ3) is 3.10. The third-order valence-corrected chi connectivity index (χ3v) is 6.15. The largest absolute Gasteiger partial charge is 0.508 e. The fourth-order valence-corrected chi connectivity index (χ4v) is 4.33. The van der Waals surface area contributed by atoms with Crippen LogP contribution in [0.3, 0.4) is 0 Å². The molecule has 0 aliphatic carbocycles. The van der Waals surface area contributed by atoms with E-state index in [1.54, 1.807) is 15.5 Å². The molecule has 4 N–H and O–H groups in total. The summed E-state index contributed by atoms with van der Waals surface area (Å²) in [5.74, 6) is 0.257. The standard InChI is InChI=1S/C23H28N4O3/c1-12-7-8-18(29)14(3)20(12)27-21(24)19(17-10-13(2)15(4)25-22(17)27)23(30)26-9-5-6-16(28)11-26/h7-8,10,16,28-29H,5-6,9,11,24H2,1-4H3/t16-/m0/s1. The highest BCUT2D eigenvalue weighted by atomic mass is 16.3. The lowest BCUT2D eigenvalue weighted by atomic mass is 10.1. The van der Waals surface area contributed by atoms with E-state index in [0.717, 1.165) is 28.9 Å². The zero-order chi connectivity index (χ0) is 21.7. The number of aryl methyl sites for hydroxylation is 3. The Hall–Kier alpha value is -3.06. The molecule has 0 spiro atoms. The minimum absolute atomic E-state index is 0.160. The summed E-state index contributed by atoms with van der Waals surface area (Å²) >= 11 is 0. The number of carbonyl (C=O) groups is 1. The molecule has 1 saturated heterocycles. The topological polar surface area (TPSA) is 105 Å². The van der Waals surface area contributed by atoms with Gasteiger partial charge in [-0.2, -0.15) is 0 Å². The molecule has 1 atom stereocenters. The summed E-state index contributed by atoms with van der Waals surface area (Å²) < 4.78 is 1.78. The summed E-state index contributed by atoms with van der Waals surface area (Å²) in [6, 6.07) is 5.43. The van der Waals surface area contributed by atoms with Crippen LogP contribution in [0.2, 0.25) is 0 Å². The number of pyridine rings is 1. The molecule has 3 heterocycles. The molecule has 1 amide bonds. The highest BCUT2D eigenvalue weighted by Gasteiger charge is 2.30. The van der Waals surface area contributed by atoms with Crippen molar-refractivity contribution in [1.82, 2.24) is 14.5 Å². The number of benzene rings is 1. The maximum atomic E-state index is 13.5. The molecule has 158 valence electrons. The number of phenols is 1. The summed E-state index contributed by atoms with van der Waals surface area (Å²) in [4.78, 5) is 19.9. The number of nitrogens with two attached hydrogens (primary N) is 1. The molecule has 4 rings (SSSR count). The lowest BCUT2D eigenvalue weighted by molar-refractivity contribution is 0.0476. The highest BCUT2D eigenvalue weighted by molar-refractivity contribution is 6.11. The van der Waals surface area contributed by atoms with Gasteiger partial charge >= 0.3 is 0 Å². The van der Waals surface area contributed by atoms with E-state index in [1.807, 2.05) is 39.8 Å². The van der Waals surface area contributed by atoms with Crippen molar-refractivity contribution in [1.29, 1.82) is 0 Å². The number of piperidine rings is 1. The van der Waals surface area contributed by atoms with Crippen molar-refractivity contribution in [3.8, 4) is 11.4 Å². The fourth-order valence-electron chi connectivity index (χ4n) is 4.33. The van der Waals surface area contributed by atoms with Crippen LogP contribution in [0.15, 0.2) is 18.2 Å². The van der Waals surface area contributed by atoms with E-state index in [2.05, 4.69) is 0 Å². The number of aliphatic hydroxyl groups is 1. The number of phenolic OH excluding ortho intramolecular Hbond substituents is 1. The number of hydrogen-bond acceptors (Lipinski definition) is 5. The first kappa shape index (κ1) is 20.2. The maximum Gasteiger partial charge on any atom is 0.258 e. The number of nitrogen functional groups attached to an aromatic ring is 1. The molecular formula is C23H28N4O3. The summed E-state index contributed by atoms with van der Waals surface area (Å²) in [6.07, 6.45) is 0.935. The molecular weight excluding hydrogens is 380 g/mol. The predicted octanol–water partition coefficient (Wildman–Crippen LogP) is 3.14. The number of likely N-dealkylation sites (tertiary alicyclic amines) is 1. The first-order valence-electron chi connectivity index (χ1n) is 10.3. The highest BCUT2D eigenvalue weighted by Crippen LogP contribution is 2.37. The van der Waals surface area contributed by atoms with E-state index >= 15 is 0 Å². The number of hydrogen-bond donors (Lipinski definition) is 3. The van der Waals surface area contributed by atoms with Crippen LogP contribution in [0, 0.1) is 27.7 Å². The molecule has 1 aromatic carbocycles. The number of carbonyl (C=O) groups excluding carboxylic acids is 1. The molecule has 0 saturated carbocycles. The Labute approximate surface area is 175 Å². The van der Waals surface area contributed by atoms with E-state index in [-0.39, 0.29) is 11.7 Å². The van der Waals surface area contributed by atoms with Gasteiger partial charge in [0.15, 0.2) is 0 Å². The zero-order valence-electron chi connectivity index (χ0n) is 17.9. The van der Waals surface area contributed by atoms with Gasteiger partial charge in [-0.05, 0) is 63.8 Å². The van der Waals surface area contributed by atoms with Crippen molar-refractivity contribution in [2.45, 2.75) is 46.6 Å². The fraction of sp³-hybridized carbons (Fsp3) is 0.391. The number of β-amino-alcohol motifs (C(OH)–C–C–N with tert-alkyl or cyclic N) is 1. The second-order valence-corrected chi connectivity index (χ2v) is 8.28. The number of nitrogens with zero attached hydrogens (tertiary/aromatic N) is 3. The average molecular weight is 409 g/mol. The van der Waals surface area contributed by atoms with Crippen LogP contribution in [0.4, 0.5) is 5.82 Å². The number of aromatic hydroxyl groups is 1. The van der Waals surface area contributed by atoms with E-state index in [0.29, 0.717) is 47.5 Å². The average Bonchev–Trinajstić information content (AvgIpc) is 2.96. The number of anilines is 1. The molecule has 0 bridgehead atoms. The summed E-state index contributed by atoms with van der Waals surface area (Å²) in [5.41, 5.74) is 11.7. The van der Waals surface area contributed by atoms with Crippen LogP contribution in [0.5, 0.6) is 5.75 Å². The van der Waals surface area contributed by atoms with Crippen molar-refractivity contribution < 1.29 is 15.0 Å². The normalized spacial score (nSPS) is 17.0. The first-order chi connectivity index (χ1) is 14.2. The Morgan fingerprint density at radius 3 is 2.63 bits per heavy atom. The monoisotopic (exact) mass is 408 g/mol. The quantitative estimate of drug-likeness (QED) is 0.604. The van der Waals surface area contributed by atoms with Crippen molar-refractivity contribution in [3.63, 3.8) is 0 Å². The Kier molecular flexibility index (Phi) is 4.94. The van der Waals surface area contributed by atoms with Gasteiger partial charge in [0, 0.05) is 29.7 Å². The Morgan fingerprint density at radius 1 is 1.20 bits per heavy atom. The molecule has 0 unspecified atom stereocenters. The molecule has 2 aromatic heterocycles. The molecule has 30 heavy (non-hydrogen) atoms. The molecule has 3 aromatic rings. The van der Waals surface area contributed by atoms with Crippen molar-refractivity contribution in [3.05, 3.63) is 46.1 Å². The molecule has 7 heteroatoms. The molecule has 1 fully saturated rings. The molecule has 1 aliphatic heterocycles. The van der Waals surface area contributed by atoms with Gasteiger partial charge in [0.1, 0.15) is 17.2 Å². The third-order valence-electron chi connectivity index (χ3n) is 6.15. The lowest BCUT2D eigenvalue weighted by Gasteiger charge is -2.30. The van der Waals surface area contributed by atoms with Gasteiger partial charge in [-0.1, -0.05) is 6.07 Å². The van der Waals surface area contributed by atoms with Gasteiger partial charge < -0.3 is 20.8 Å². The van der Waals surface area contributed by atoms with Crippen LogP contribution < -0.4 is 5.73 Å². The van der Waals surface area contributed by atoms with Gasteiger partial charge in [-0.25, -0.2) is 4.98 Å². The second-order valence-electron chi connectivity index (χ2n) is 8.28. The summed E-state index contributed by atoms with van der Waals surface area (Å²) in [6.45, 7) is 8.53. The van der Waals surface area contributed by atoms with Crippen molar-refractivity contribution in [2.24, 2.45) is 0 Å². The van der Waals surface area contributed by atoms with Gasteiger partial charge in [-0.15, -0.1) is 0 Å². The molecule has 0 radical (unpaired) electrons. The van der Waals surface area contributed by atoms with Crippen LogP contribution in [0.1, 0.15) is 45.6 Å². The van der Waals surface area contributed by atoms with Crippen LogP contribution >= 0.6 is 0 Å². The number of rotatable bonds is 2. The van der Waals surface area contributed by atoms with Crippen LogP contribution in [-0.2, 0) is 0 Å². The maximum absolute atomic E-state index is 13.5. The van der Waals surface area contributed by atoms with Gasteiger partial charge in [0.25, 0.3) is 5.91 Å². The lowest BCUT2D eigenvalue weighted by Crippen LogP contribution is -2.42. The number of aromatic nitrogens is 2. The smallest absolute Gasteiger partial charge is 0.258 e. The summed E-state index contributed by atoms with van der Waals surface area (Å²) in [5, 5.41) is 21.1. The molecule has 1 aliphatic rings. The Bertz CT molecular complexity index is 1170. The van der Waals surface area contributed by atoms with E-state index < -0.39 is 6.10 Å². The summed E-state index contributed by atoms with van der Waals surface area (Å²) in [7, 11) is 0. The van der Waals surface area contributed by atoms with Crippen LogP contribution in [-0.4, -0.2) is 49.8 Å². The number of fused-ring (bicyclic) bond motifs is 1. The predicted molar refractivity (Wildman–Crippen MR) is 117 cm³/mol. The van der Waals surface area contributed by atoms with Gasteiger partial charge in [-0.3, -0.25) is 9.36 Å². The van der Waals surface area contributed by atoms with Gasteiger partial charge in [0.2, 0.25) is 0 Å². The minimum atomic E-state index is -0.519. The van der Waals surface area contributed by atoms with E-state index in [9.17, 15) is 15.0 Å². The van der Waals surface area contributed by atoms with E-state index in [4.69, 9.17) is 10.7 Å². The van der Waals surface area contributed by atoms with Gasteiger partial charge in [0.05, 0.1) is 17.4 Å². The van der Waals surface area contributed by atoms with E-state index in [1.165, 1.54) is 0 Å². The Morgan fingerprint density at radius 2 is 1.93 bits per heavy atom.